The van der Waals surface area contributed by atoms with Gasteiger partial charge >= 0.3 is 0 Å². The van der Waals surface area contributed by atoms with E-state index in [0.29, 0.717) is 0 Å². The monoisotopic (exact) mass is 244 g/mol. The van der Waals surface area contributed by atoms with Crippen molar-refractivity contribution in [3.05, 3.63) is 42.1 Å². The van der Waals surface area contributed by atoms with E-state index in [4.69, 9.17) is 10.5 Å². The van der Waals surface area contributed by atoms with Crippen molar-refractivity contribution in [2.24, 2.45) is 5.73 Å². The predicted molar refractivity (Wildman–Crippen MR) is 74.4 cm³/mol. The van der Waals surface area contributed by atoms with Gasteiger partial charge in [0.2, 0.25) is 0 Å². The summed E-state index contributed by atoms with van der Waals surface area (Å²) in [6, 6.07) is 10.3. The molecule has 1 aromatic heterocycles. The molecule has 0 aliphatic heterocycles. The van der Waals surface area contributed by atoms with Gasteiger partial charge in [0.05, 0.1) is 5.52 Å². The molecule has 0 bridgehead atoms. The fourth-order valence-electron chi connectivity index (χ4n) is 2.04. The number of benzene rings is 1. The second-order valence-corrected chi connectivity index (χ2v) is 4.40. The molecule has 18 heavy (non-hydrogen) atoms. The highest BCUT2D eigenvalue weighted by Crippen LogP contribution is 2.20. The summed E-state index contributed by atoms with van der Waals surface area (Å²) in [7, 11) is 0. The molecular weight excluding hydrogens is 224 g/mol. The molecule has 0 aliphatic carbocycles. The average Bonchev–Trinajstić information content (AvgIpc) is 2.43. The van der Waals surface area contributed by atoms with Crippen molar-refractivity contribution in [2.45, 2.75) is 25.8 Å². The number of aromatic nitrogens is 1. The Morgan fingerprint density at radius 1 is 1.33 bits per heavy atom. The molecule has 0 fully saturated rings. The van der Waals surface area contributed by atoms with Gasteiger partial charge in [0, 0.05) is 30.8 Å². The highest BCUT2D eigenvalue weighted by atomic mass is 16.5. The summed E-state index contributed by atoms with van der Waals surface area (Å²) >= 11 is 0. The Morgan fingerprint density at radius 3 is 3.06 bits per heavy atom. The van der Waals surface area contributed by atoms with Gasteiger partial charge in [-0.2, -0.15) is 0 Å². The van der Waals surface area contributed by atoms with Crippen LogP contribution in [-0.2, 0) is 4.74 Å². The third kappa shape index (κ3) is 3.28. The van der Waals surface area contributed by atoms with E-state index in [-0.39, 0.29) is 6.04 Å². The lowest BCUT2D eigenvalue weighted by Crippen LogP contribution is -2.11. The molecule has 2 aromatic rings. The summed E-state index contributed by atoms with van der Waals surface area (Å²) in [5.41, 5.74) is 8.38. The average molecular weight is 244 g/mol. The van der Waals surface area contributed by atoms with Gasteiger partial charge in [-0.15, -0.1) is 0 Å². The van der Waals surface area contributed by atoms with Gasteiger partial charge in [-0.25, -0.2) is 0 Å². The number of pyridine rings is 1. The van der Waals surface area contributed by atoms with Gasteiger partial charge in [0.15, 0.2) is 0 Å². The molecule has 3 nitrogen and oxygen atoms in total. The molecule has 1 heterocycles. The number of nitrogens with two attached hydrogens (primary N) is 1. The molecule has 0 radical (unpaired) electrons. The zero-order chi connectivity index (χ0) is 12.8. The first-order valence-electron chi connectivity index (χ1n) is 6.49. The van der Waals surface area contributed by atoms with Gasteiger partial charge in [-0.1, -0.05) is 12.1 Å². The summed E-state index contributed by atoms with van der Waals surface area (Å²) in [4.78, 5) is 4.31. The van der Waals surface area contributed by atoms with Crippen molar-refractivity contribution in [1.29, 1.82) is 0 Å². The molecule has 2 N–H and O–H groups in total. The summed E-state index contributed by atoms with van der Waals surface area (Å²) < 4.78 is 5.32. The van der Waals surface area contributed by atoms with Crippen molar-refractivity contribution < 1.29 is 4.74 Å². The number of ether oxygens (including phenoxy) is 1. The topological polar surface area (TPSA) is 48.1 Å². The number of hydrogen-bond donors (Lipinski definition) is 1. The van der Waals surface area contributed by atoms with E-state index in [0.717, 1.165) is 37.0 Å². The first-order chi connectivity index (χ1) is 8.81. The molecule has 0 saturated carbocycles. The standard InChI is InChI=1S/C15H20N2O/c1-2-18-10-4-6-14(16)12-7-8-15-13(11-12)5-3-9-17-15/h3,5,7-9,11,14H,2,4,6,10,16H2,1H3. The number of fused-ring (bicyclic) bond motifs is 1. The lowest BCUT2D eigenvalue weighted by molar-refractivity contribution is 0.142. The molecular formula is C15H20N2O. The summed E-state index contributed by atoms with van der Waals surface area (Å²) in [5.74, 6) is 0. The smallest absolute Gasteiger partial charge is 0.0702 e. The molecule has 1 atom stereocenters. The molecule has 2 rings (SSSR count). The van der Waals surface area contributed by atoms with Crippen LogP contribution in [0.5, 0.6) is 0 Å². The SMILES string of the molecule is CCOCCCC(N)c1ccc2ncccc2c1. The van der Waals surface area contributed by atoms with Crippen LogP contribution in [0.15, 0.2) is 36.5 Å². The van der Waals surface area contributed by atoms with Crippen LogP contribution in [-0.4, -0.2) is 18.2 Å². The second-order valence-electron chi connectivity index (χ2n) is 4.40. The fourth-order valence-corrected chi connectivity index (χ4v) is 2.04. The van der Waals surface area contributed by atoms with Crippen molar-refractivity contribution in [2.75, 3.05) is 13.2 Å². The van der Waals surface area contributed by atoms with Crippen LogP contribution in [0.4, 0.5) is 0 Å². The third-order valence-electron chi connectivity index (χ3n) is 3.06. The number of rotatable bonds is 6. The summed E-state index contributed by atoms with van der Waals surface area (Å²) in [5, 5.41) is 1.15. The van der Waals surface area contributed by atoms with Crippen LogP contribution in [0.3, 0.4) is 0 Å². The zero-order valence-corrected chi connectivity index (χ0v) is 10.8. The molecule has 3 heteroatoms. The minimum atomic E-state index is 0.0788. The summed E-state index contributed by atoms with van der Waals surface area (Å²) in [6.45, 7) is 3.58. The lowest BCUT2D eigenvalue weighted by Gasteiger charge is -2.12. The largest absolute Gasteiger partial charge is 0.382 e. The Kier molecular flexibility index (Phi) is 4.67. The molecule has 0 spiro atoms. The predicted octanol–water partition coefficient (Wildman–Crippen LogP) is 3.05. The van der Waals surface area contributed by atoms with Crippen molar-refractivity contribution in [3.63, 3.8) is 0 Å². The molecule has 1 unspecified atom stereocenters. The van der Waals surface area contributed by atoms with Gasteiger partial charge in [0.25, 0.3) is 0 Å². The number of hydrogen-bond acceptors (Lipinski definition) is 3. The second kappa shape index (κ2) is 6.47. The van der Waals surface area contributed by atoms with Gasteiger partial charge in [-0.3, -0.25) is 4.98 Å². The highest BCUT2D eigenvalue weighted by molar-refractivity contribution is 5.79. The molecule has 0 amide bonds. The van der Waals surface area contributed by atoms with E-state index in [2.05, 4.69) is 23.2 Å². The first-order valence-corrected chi connectivity index (χ1v) is 6.49. The highest BCUT2D eigenvalue weighted by Gasteiger charge is 2.06. The van der Waals surface area contributed by atoms with E-state index in [1.54, 1.807) is 0 Å². The molecule has 0 aliphatic rings. The normalized spacial score (nSPS) is 12.8. The maximum atomic E-state index is 6.19. The van der Waals surface area contributed by atoms with Crippen LogP contribution in [0.25, 0.3) is 10.9 Å². The summed E-state index contributed by atoms with van der Waals surface area (Å²) in [6.07, 6.45) is 3.76. The van der Waals surface area contributed by atoms with E-state index in [9.17, 15) is 0 Å². The van der Waals surface area contributed by atoms with Gasteiger partial charge in [0.1, 0.15) is 0 Å². The lowest BCUT2D eigenvalue weighted by atomic mass is 10.0. The van der Waals surface area contributed by atoms with Crippen molar-refractivity contribution in [1.82, 2.24) is 4.98 Å². The molecule has 96 valence electrons. The zero-order valence-electron chi connectivity index (χ0n) is 10.8. The van der Waals surface area contributed by atoms with Gasteiger partial charge < -0.3 is 10.5 Å². The fraction of sp³-hybridized carbons (Fsp3) is 0.400. The van der Waals surface area contributed by atoms with Crippen LogP contribution in [0.1, 0.15) is 31.4 Å². The van der Waals surface area contributed by atoms with E-state index < -0.39 is 0 Å². The maximum absolute atomic E-state index is 6.19. The van der Waals surface area contributed by atoms with E-state index in [1.807, 2.05) is 25.3 Å². The molecule has 0 saturated heterocycles. The van der Waals surface area contributed by atoms with Crippen LogP contribution < -0.4 is 5.73 Å². The first kappa shape index (κ1) is 13.0. The van der Waals surface area contributed by atoms with Crippen molar-refractivity contribution >= 4 is 10.9 Å². The quantitative estimate of drug-likeness (QED) is 0.794. The van der Waals surface area contributed by atoms with Crippen LogP contribution >= 0.6 is 0 Å². The van der Waals surface area contributed by atoms with Gasteiger partial charge in [-0.05, 0) is 43.5 Å². The maximum Gasteiger partial charge on any atom is 0.0702 e. The Balaban J connectivity index is 2.01. The van der Waals surface area contributed by atoms with E-state index >= 15 is 0 Å². The Morgan fingerprint density at radius 2 is 2.22 bits per heavy atom. The Labute approximate surface area is 108 Å². The minimum Gasteiger partial charge on any atom is -0.382 e. The van der Waals surface area contributed by atoms with Crippen LogP contribution in [0.2, 0.25) is 0 Å². The number of nitrogens with zero attached hydrogens (tertiary/aromatic N) is 1. The van der Waals surface area contributed by atoms with Crippen LogP contribution in [0, 0.1) is 0 Å². The Hall–Kier alpha value is -1.45. The Bertz CT molecular complexity index is 499. The minimum absolute atomic E-state index is 0.0788. The molecule has 1 aromatic carbocycles. The third-order valence-corrected chi connectivity index (χ3v) is 3.06. The van der Waals surface area contributed by atoms with Crippen molar-refractivity contribution in [3.8, 4) is 0 Å². The van der Waals surface area contributed by atoms with E-state index in [1.165, 1.54) is 5.56 Å².